The molecule has 0 spiro atoms. The Morgan fingerprint density at radius 1 is 1.39 bits per heavy atom. The highest BCUT2D eigenvalue weighted by Crippen LogP contribution is 1.96. The van der Waals surface area contributed by atoms with Crippen molar-refractivity contribution in [3.05, 3.63) is 34.2 Å². The van der Waals surface area contributed by atoms with Gasteiger partial charge in [-0.05, 0) is 12.5 Å². The predicted octanol–water partition coefficient (Wildman–Crippen LogP) is 0.600. The van der Waals surface area contributed by atoms with Crippen LogP contribution in [0.1, 0.15) is 16.8 Å². The third-order valence-corrected chi connectivity index (χ3v) is 2.36. The summed E-state index contributed by atoms with van der Waals surface area (Å²) in [5.41, 5.74) is -0.306. The third kappa shape index (κ3) is 4.68. The zero-order valence-corrected chi connectivity index (χ0v) is 10.3. The average molecular weight is 255 g/mol. The highest BCUT2D eigenvalue weighted by molar-refractivity contribution is 5.87. The van der Waals surface area contributed by atoms with Gasteiger partial charge in [-0.3, -0.25) is 4.79 Å². The van der Waals surface area contributed by atoms with Crippen molar-refractivity contribution in [3.63, 3.8) is 0 Å². The van der Waals surface area contributed by atoms with Gasteiger partial charge in [-0.15, -0.1) is 0 Å². The van der Waals surface area contributed by atoms with Gasteiger partial charge in [0.2, 0.25) is 0 Å². The average Bonchev–Trinajstić information content (AvgIpc) is 2.35. The first-order valence-electron chi connectivity index (χ1n) is 5.65. The maximum Gasteiger partial charge on any atom is 0.335 e. The Morgan fingerprint density at radius 3 is 2.78 bits per heavy atom. The van der Waals surface area contributed by atoms with Gasteiger partial charge >= 0.3 is 5.97 Å². The van der Waals surface area contributed by atoms with Crippen LogP contribution in [0, 0.1) is 0 Å². The maximum atomic E-state index is 11.5. The number of hydrogen-bond acceptors (Lipinski definition) is 4. The fourth-order valence-electron chi connectivity index (χ4n) is 1.41. The van der Waals surface area contributed by atoms with Crippen LogP contribution in [0.15, 0.2) is 23.1 Å². The molecule has 0 fully saturated rings. The largest absolute Gasteiger partial charge is 0.478 e. The Balaban J connectivity index is 2.39. The maximum absolute atomic E-state index is 11.5. The molecule has 1 aromatic rings. The van der Waals surface area contributed by atoms with E-state index < -0.39 is 5.97 Å². The van der Waals surface area contributed by atoms with Gasteiger partial charge in [-0.2, -0.15) is 0 Å². The molecule has 0 saturated carbocycles. The Morgan fingerprint density at radius 2 is 2.17 bits per heavy atom. The normalized spacial score (nSPS) is 10.5. The van der Waals surface area contributed by atoms with Crippen LogP contribution in [-0.4, -0.2) is 42.6 Å². The lowest BCUT2D eigenvalue weighted by Crippen LogP contribution is -2.21. The molecule has 0 saturated heterocycles. The summed E-state index contributed by atoms with van der Waals surface area (Å²) >= 11 is 0. The lowest BCUT2D eigenvalue weighted by atomic mass is 10.2. The number of aromatic nitrogens is 1. The van der Waals surface area contributed by atoms with E-state index in [2.05, 4.69) is 0 Å². The summed E-state index contributed by atoms with van der Waals surface area (Å²) in [6, 6.07) is 2.53. The van der Waals surface area contributed by atoms with Gasteiger partial charge < -0.3 is 19.1 Å². The third-order valence-electron chi connectivity index (χ3n) is 2.36. The first-order chi connectivity index (χ1) is 8.65. The van der Waals surface area contributed by atoms with E-state index in [1.54, 1.807) is 7.11 Å². The number of ether oxygens (including phenoxy) is 2. The van der Waals surface area contributed by atoms with Gasteiger partial charge in [-0.1, -0.05) is 0 Å². The summed E-state index contributed by atoms with van der Waals surface area (Å²) in [7, 11) is 1.60. The SMILES string of the molecule is COCCOCCCn1ccc(C(=O)O)cc1=O. The second-order valence-electron chi connectivity index (χ2n) is 3.71. The van der Waals surface area contributed by atoms with Crippen molar-refractivity contribution in [2.75, 3.05) is 26.9 Å². The molecule has 0 aliphatic heterocycles. The van der Waals surface area contributed by atoms with Crippen LogP contribution in [-0.2, 0) is 16.0 Å². The van der Waals surface area contributed by atoms with Crippen LogP contribution < -0.4 is 5.56 Å². The Kier molecular flexibility index (Phi) is 6.10. The minimum absolute atomic E-state index is 0.00703. The quantitative estimate of drug-likeness (QED) is 0.688. The zero-order chi connectivity index (χ0) is 13.4. The fourth-order valence-corrected chi connectivity index (χ4v) is 1.41. The topological polar surface area (TPSA) is 77.8 Å². The van der Waals surface area contributed by atoms with Gasteiger partial charge in [0, 0.05) is 32.5 Å². The second kappa shape index (κ2) is 7.62. The molecule has 1 heterocycles. The van der Waals surface area contributed by atoms with Crippen molar-refractivity contribution in [3.8, 4) is 0 Å². The highest BCUT2D eigenvalue weighted by atomic mass is 16.5. The van der Waals surface area contributed by atoms with E-state index >= 15 is 0 Å². The summed E-state index contributed by atoms with van der Waals surface area (Å²) in [5, 5.41) is 8.72. The number of aromatic carboxylic acids is 1. The fraction of sp³-hybridized carbons (Fsp3) is 0.500. The number of nitrogens with zero attached hydrogens (tertiary/aromatic N) is 1. The number of pyridine rings is 1. The lowest BCUT2D eigenvalue weighted by Gasteiger charge is -2.06. The van der Waals surface area contributed by atoms with E-state index in [0.717, 1.165) is 6.07 Å². The van der Waals surface area contributed by atoms with Crippen molar-refractivity contribution in [2.45, 2.75) is 13.0 Å². The molecule has 0 radical (unpaired) electrons. The van der Waals surface area contributed by atoms with E-state index in [1.165, 1.54) is 16.8 Å². The van der Waals surface area contributed by atoms with Gasteiger partial charge in [-0.25, -0.2) is 4.79 Å². The number of methoxy groups -OCH3 is 1. The number of hydrogen-bond donors (Lipinski definition) is 1. The summed E-state index contributed by atoms with van der Waals surface area (Å²) in [4.78, 5) is 22.2. The van der Waals surface area contributed by atoms with Crippen LogP contribution in [0.25, 0.3) is 0 Å². The van der Waals surface area contributed by atoms with Gasteiger partial charge in [0.25, 0.3) is 5.56 Å². The highest BCUT2D eigenvalue weighted by Gasteiger charge is 2.04. The molecule has 0 aliphatic carbocycles. The van der Waals surface area contributed by atoms with E-state index in [4.69, 9.17) is 14.6 Å². The van der Waals surface area contributed by atoms with Gasteiger partial charge in [0.15, 0.2) is 0 Å². The number of carbonyl (C=O) groups is 1. The Hall–Kier alpha value is -1.66. The molecular formula is C12H17NO5. The molecule has 0 aromatic carbocycles. The number of carboxylic acid groups (broad SMARTS) is 1. The van der Waals surface area contributed by atoms with Gasteiger partial charge in [0.1, 0.15) is 0 Å². The van der Waals surface area contributed by atoms with Crippen molar-refractivity contribution in [1.29, 1.82) is 0 Å². The van der Waals surface area contributed by atoms with Crippen LogP contribution in [0.5, 0.6) is 0 Å². The van der Waals surface area contributed by atoms with Crippen LogP contribution >= 0.6 is 0 Å². The molecule has 6 heteroatoms. The van der Waals surface area contributed by atoms with E-state index in [9.17, 15) is 9.59 Å². The lowest BCUT2D eigenvalue weighted by molar-refractivity contribution is 0.0678. The number of carboxylic acids is 1. The Labute approximate surface area is 105 Å². The molecule has 0 unspecified atom stereocenters. The zero-order valence-electron chi connectivity index (χ0n) is 10.3. The summed E-state index contributed by atoms with van der Waals surface area (Å²) < 4.78 is 11.6. The molecule has 1 aromatic heterocycles. The smallest absolute Gasteiger partial charge is 0.335 e. The number of aryl methyl sites for hydroxylation is 1. The summed E-state index contributed by atoms with van der Waals surface area (Å²) in [6.45, 7) is 2.12. The van der Waals surface area contributed by atoms with Gasteiger partial charge in [0.05, 0.1) is 18.8 Å². The molecule has 18 heavy (non-hydrogen) atoms. The van der Waals surface area contributed by atoms with Crippen molar-refractivity contribution in [1.82, 2.24) is 4.57 Å². The molecule has 0 atom stereocenters. The predicted molar refractivity (Wildman–Crippen MR) is 65.0 cm³/mol. The molecule has 0 aliphatic rings. The first kappa shape index (κ1) is 14.4. The first-order valence-corrected chi connectivity index (χ1v) is 5.65. The van der Waals surface area contributed by atoms with Crippen LogP contribution in [0.4, 0.5) is 0 Å². The van der Waals surface area contributed by atoms with Crippen molar-refractivity contribution < 1.29 is 19.4 Å². The van der Waals surface area contributed by atoms with Crippen molar-refractivity contribution >= 4 is 5.97 Å². The van der Waals surface area contributed by atoms with E-state index in [-0.39, 0.29) is 11.1 Å². The summed E-state index contributed by atoms with van der Waals surface area (Å²) in [6.07, 6.45) is 2.18. The van der Waals surface area contributed by atoms with E-state index in [1.807, 2.05) is 0 Å². The van der Waals surface area contributed by atoms with Crippen LogP contribution in [0.2, 0.25) is 0 Å². The van der Waals surface area contributed by atoms with Crippen LogP contribution in [0.3, 0.4) is 0 Å². The monoisotopic (exact) mass is 255 g/mol. The van der Waals surface area contributed by atoms with Crippen molar-refractivity contribution in [2.24, 2.45) is 0 Å². The minimum atomic E-state index is -1.10. The molecular weight excluding hydrogens is 238 g/mol. The molecule has 100 valence electrons. The minimum Gasteiger partial charge on any atom is -0.478 e. The standard InChI is InChI=1S/C12H17NO5/c1-17-7-8-18-6-2-4-13-5-3-10(12(15)16)9-11(13)14/h3,5,9H,2,4,6-8H2,1H3,(H,15,16). The summed E-state index contributed by atoms with van der Waals surface area (Å²) in [5.74, 6) is -1.10. The second-order valence-corrected chi connectivity index (χ2v) is 3.71. The molecule has 0 bridgehead atoms. The molecule has 1 N–H and O–H groups in total. The molecule has 6 nitrogen and oxygen atoms in total. The van der Waals surface area contributed by atoms with E-state index in [0.29, 0.717) is 32.8 Å². The Bertz CT molecular complexity index is 440. The molecule has 1 rings (SSSR count). The molecule has 0 amide bonds. The number of rotatable bonds is 8.